The third kappa shape index (κ3) is 4.02. The van der Waals surface area contributed by atoms with Gasteiger partial charge in [-0.2, -0.15) is 10.1 Å². The minimum atomic E-state index is 0.124. The van der Waals surface area contributed by atoms with Crippen molar-refractivity contribution in [2.45, 2.75) is 58.9 Å². The highest BCUT2D eigenvalue weighted by atomic mass is 16.5. The molecule has 0 radical (unpaired) electrons. The van der Waals surface area contributed by atoms with Crippen LogP contribution in [0.4, 0.5) is 0 Å². The van der Waals surface area contributed by atoms with Gasteiger partial charge in [-0.3, -0.25) is 4.68 Å². The molecule has 6 heteroatoms. The number of aromatic nitrogens is 4. The van der Waals surface area contributed by atoms with E-state index in [1.165, 1.54) is 24.8 Å². The van der Waals surface area contributed by atoms with Crippen LogP contribution in [0.3, 0.4) is 0 Å². The van der Waals surface area contributed by atoms with E-state index in [1.54, 1.807) is 0 Å². The maximum absolute atomic E-state index is 6.11. The minimum Gasteiger partial charge on any atom is -0.339 e. The normalized spacial score (nSPS) is 16.4. The Bertz CT molecular complexity index is 936. The van der Waals surface area contributed by atoms with Gasteiger partial charge in [0.15, 0.2) is 0 Å². The molecule has 0 spiro atoms. The van der Waals surface area contributed by atoms with Gasteiger partial charge < -0.3 is 10.3 Å². The molecule has 2 aromatic heterocycles. The van der Waals surface area contributed by atoms with Crippen LogP contribution in [0, 0.1) is 19.3 Å². The quantitative estimate of drug-likeness (QED) is 0.698. The second-order valence-electron chi connectivity index (χ2n) is 8.24. The first-order chi connectivity index (χ1) is 13.6. The maximum Gasteiger partial charge on any atom is 0.227 e. The van der Waals surface area contributed by atoms with E-state index < -0.39 is 0 Å². The third-order valence-electron chi connectivity index (χ3n) is 5.96. The summed E-state index contributed by atoms with van der Waals surface area (Å²) >= 11 is 0. The molecule has 2 N–H and O–H groups in total. The second kappa shape index (κ2) is 7.87. The summed E-state index contributed by atoms with van der Waals surface area (Å²) in [6.45, 7) is 5.51. The number of hydrogen-bond acceptors (Lipinski definition) is 5. The van der Waals surface area contributed by atoms with E-state index in [-0.39, 0.29) is 5.41 Å². The highest BCUT2D eigenvalue weighted by molar-refractivity contribution is 5.55. The van der Waals surface area contributed by atoms with Gasteiger partial charge in [0, 0.05) is 17.7 Å². The van der Waals surface area contributed by atoms with Crippen LogP contribution in [-0.2, 0) is 13.0 Å². The molecule has 1 fully saturated rings. The van der Waals surface area contributed by atoms with Gasteiger partial charge in [-0.05, 0) is 56.3 Å². The van der Waals surface area contributed by atoms with Gasteiger partial charge in [-0.25, -0.2) is 0 Å². The van der Waals surface area contributed by atoms with Crippen molar-refractivity contribution in [1.29, 1.82) is 0 Å². The molecule has 1 aliphatic rings. The number of aryl methyl sites for hydroxylation is 2. The van der Waals surface area contributed by atoms with Crippen LogP contribution in [-0.4, -0.2) is 26.5 Å². The predicted octanol–water partition coefficient (Wildman–Crippen LogP) is 4.05. The van der Waals surface area contributed by atoms with Gasteiger partial charge in [0.05, 0.1) is 12.2 Å². The van der Waals surface area contributed by atoms with Crippen LogP contribution >= 0.6 is 0 Å². The van der Waals surface area contributed by atoms with Crippen molar-refractivity contribution in [1.82, 2.24) is 19.9 Å². The average Bonchev–Trinajstić information content (AvgIpc) is 3.29. The van der Waals surface area contributed by atoms with Gasteiger partial charge in [-0.15, -0.1) is 0 Å². The zero-order chi connectivity index (χ0) is 19.6. The zero-order valence-electron chi connectivity index (χ0n) is 16.8. The maximum atomic E-state index is 6.11. The Hall–Kier alpha value is -2.47. The fourth-order valence-corrected chi connectivity index (χ4v) is 4.34. The smallest absolute Gasteiger partial charge is 0.227 e. The predicted molar refractivity (Wildman–Crippen MR) is 109 cm³/mol. The number of nitrogens with two attached hydrogens (primary N) is 1. The number of hydrogen-bond donors (Lipinski definition) is 1. The van der Waals surface area contributed by atoms with Crippen molar-refractivity contribution < 1.29 is 4.52 Å². The van der Waals surface area contributed by atoms with Crippen molar-refractivity contribution >= 4 is 0 Å². The van der Waals surface area contributed by atoms with Crippen LogP contribution in [0.2, 0.25) is 0 Å². The monoisotopic (exact) mass is 379 g/mol. The first-order valence-corrected chi connectivity index (χ1v) is 10.2. The van der Waals surface area contributed by atoms with Crippen molar-refractivity contribution in [3.8, 4) is 11.4 Å². The molecule has 0 bridgehead atoms. The minimum absolute atomic E-state index is 0.124. The molecule has 6 nitrogen and oxygen atoms in total. The molecule has 2 heterocycles. The molecule has 0 unspecified atom stereocenters. The van der Waals surface area contributed by atoms with Crippen molar-refractivity contribution in [2.24, 2.45) is 11.1 Å². The van der Waals surface area contributed by atoms with E-state index in [9.17, 15) is 0 Å². The molecule has 0 aliphatic heterocycles. The highest BCUT2D eigenvalue weighted by Gasteiger charge is 2.33. The lowest BCUT2D eigenvalue weighted by molar-refractivity contribution is 0.177. The van der Waals surface area contributed by atoms with Crippen molar-refractivity contribution in [3.05, 3.63) is 53.2 Å². The van der Waals surface area contributed by atoms with Crippen LogP contribution in [0.1, 0.15) is 54.9 Å². The van der Waals surface area contributed by atoms with Crippen LogP contribution in [0.15, 0.2) is 34.9 Å². The van der Waals surface area contributed by atoms with Crippen molar-refractivity contribution in [3.63, 3.8) is 0 Å². The largest absolute Gasteiger partial charge is 0.339 e. The van der Waals surface area contributed by atoms with Crippen LogP contribution < -0.4 is 5.73 Å². The van der Waals surface area contributed by atoms with Crippen LogP contribution in [0.5, 0.6) is 0 Å². The fourth-order valence-electron chi connectivity index (χ4n) is 4.34. The summed E-state index contributed by atoms with van der Waals surface area (Å²) in [4.78, 5) is 4.68. The Morgan fingerprint density at radius 1 is 1.14 bits per heavy atom. The van der Waals surface area contributed by atoms with Gasteiger partial charge in [0.25, 0.3) is 0 Å². The molecule has 0 atom stereocenters. The molecule has 148 valence electrons. The fraction of sp³-hybridized carbons (Fsp3) is 0.500. The van der Waals surface area contributed by atoms with E-state index in [1.807, 2.05) is 23.7 Å². The zero-order valence-corrected chi connectivity index (χ0v) is 16.8. The second-order valence-corrected chi connectivity index (χ2v) is 8.24. The number of nitrogens with zero attached hydrogens (tertiary/aromatic N) is 4. The van der Waals surface area contributed by atoms with Gasteiger partial charge in [0.2, 0.25) is 11.7 Å². The molecule has 0 saturated heterocycles. The van der Waals surface area contributed by atoms with E-state index in [4.69, 9.17) is 10.3 Å². The molecule has 0 amide bonds. The van der Waals surface area contributed by atoms with Crippen molar-refractivity contribution in [2.75, 3.05) is 6.54 Å². The summed E-state index contributed by atoms with van der Waals surface area (Å²) < 4.78 is 7.61. The van der Waals surface area contributed by atoms with E-state index in [0.29, 0.717) is 18.3 Å². The highest BCUT2D eigenvalue weighted by Crippen LogP contribution is 2.38. The SMILES string of the molecule is Cc1cc(C)n(Cc2cccc(-c3noc(CC4(CN)CCCCC4)n3)c2)n1. The lowest BCUT2D eigenvalue weighted by Crippen LogP contribution is -2.35. The average molecular weight is 380 g/mol. The Morgan fingerprint density at radius 2 is 1.96 bits per heavy atom. The Balaban J connectivity index is 1.51. The topological polar surface area (TPSA) is 82.8 Å². The van der Waals surface area contributed by atoms with Gasteiger partial charge >= 0.3 is 0 Å². The van der Waals surface area contributed by atoms with Gasteiger partial charge in [-0.1, -0.05) is 42.6 Å². The van der Waals surface area contributed by atoms with Crippen LogP contribution in [0.25, 0.3) is 11.4 Å². The number of benzene rings is 1. The molecule has 3 aromatic rings. The summed E-state index contributed by atoms with van der Waals surface area (Å²) in [5.41, 5.74) is 10.6. The number of rotatable bonds is 6. The van der Waals surface area contributed by atoms with E-state index >= 15 is 0 Å². The Morgan fingerprint density at radius 3 is 2.68 bits per heavy atom. The summed E-state index contributed by atoms with van der Waals surface area (Å²) in [6.07, 6.45) is 6.87. The first-order valence-electron chi connectivity index (χ1n) is 10.2. The van der Waals surface area contributed by atoms with E-state index in [2.05, 4.69) is 40.4 Å². The molecule has 1 aromatic carbocycles. The lowest BCUT2D eigenvalue weighted by Gasteiger charge is -2.34. The Kier molecular flexibility index (Phi) is 5.31. The molecule has 4 rings (SSSR count). The molecule has 1 aliphatic carbocycles. The molecule has 1 saturated carbocycles. The lowest BCUT2D eigenvalue weighted by atomic mass is 9.72. The summed E-state index contributed by atoms with van der Waals surface area (Å²) in [5, 5.41) is 8.79. The van der Waals surface area contributed by atoms with Gasteiger partial charge in [0.1, 0.15) is 0 Å². The molecule has 28 heavy (non-hydrogen) atoms. The summed E-state index contributed by atoms with van der Waals surface area (Å²) in [6, 6.07) is 10.4. The summed E-state index contributed by atoms with van der Waals surface area (Å²) in [7, 11) is 0. The first kappa shape index (κ1) is 18.9. The van der Waals surface area contributed by atoms with E-state index in [0.717, 1.165) is 42.8 Å². The summed E-state index contributed by atoms with van der Waals surface area (Å²) in [5.74, 6) is 1.35. The standard InChI is InChI=1S/C22H29N5O/c1-16-11-17(2)27(25-16)14-18-7-6-8-19(12-18)21-24-20(28-26-21)13-22(15-23)9-4-3-5-10-22/h6-8,11-12H,3-5,9-10,13-15,23H2,1-2H3. The third-order valence-corrected chi connectivity index (χ3v) is 5.96. The molecular formula is C22H29N5O. The Labute approximate surface area is 166 Å². The molecular weight excluding hydrogens is 350 g/mol.